The average molecular weight is 283 g/mol. The molecule has 0 aliphatic heterocycles. The molecule has 0 saturated heterocycles. The maximum Gasteiger partial charge on any atom is 0.0105 e. The van der Waals surface area contributed by atoms with Gasteiger partial charge in [0.05, 0.1) is 0 Å². The molecule has 2 heteroatoms. The summed E-state index contributed by atoms with van der Waals surface area (Å²) in [5.74, 6) is 1.82. The van der Waals surface area contributed by atoms with E-state index in [1.54, 1.807) is 0 Å². The number of hydrogen-bond acceptors (Lipinski definition) is 2. The highest BCUT2D eigenvalue weighted by molar-refractivity contribution is 4.86. The van der Waals surface area contributed by atoms with Crippen LogP contribution in [0.15, 0.2) is 0 Å². The van der Waals surface area contributed by atoms with Crippen LogP contribution in [0.1, 0.15) is 72.6 Å². The fourth-order valence-electron chi connectivity index (χ4n) is 3.73. The first-order valence-electron chi connectivity index (χ1n) is 9.07. The van der Waals surface area contributed by atoms with E-state index in [-0.39, 0.29) is 0 Å². The molecule has 1 aliphatic rings. The second kappa shape index (κ2) is 9.78. The maximum atomic E-state index is 3.59. The number of nitrogens with one attached hydrogen (secondary N) is 1. The minimum absolute atomic E-state index is 0.737. The van der Waals surface area contributed by atoms with Crippen molar-refractivity contribution < 1.29 is 0 Å². The van der Waals surface area contributed by atoms with E-state index in [0.29, 0.717) is 0 Å². The normalized spacial score (nSPS) is 28.8. The van der Waals surface area contributed by atoms with Gasteiger partial charge in [0.1, 0.15) is 0 Å². The quantitative estimate of drug-likeness (QED) is 0.678. The van der Waals surface area contributed by atoms with Crippen molar-refractivity contribution >= 4 is 0 Å². The van der Waals surface area contributed by atoms with Crippen molar-refractivity contribution in [3.8, 4) is 0 Å². The van der Waals surface area contributed by atoms with Gasteiger partial charge in [0.25, 0.3) is 0 Å². The third-order valence-corrected chi connectivity index (χ3v) is 5.52. The summed E-state index contributed by atoms with van der Waals surface area (Å²) in [4.78, 5) is 2.76. The first-order valence-corrected chi connectivity index (χ1v) is 9.07. The fraction of sp³-hybridized carbons (Fsp3) is 1.00. The van der Waals surface area contributed by atoms with Gasteiger partial charge < -0.3 is 10.2 Å². The topological polar surface area (TPSA) is 15.3 Å². The van der Waals surface area contributed by atoms with Gasteiger partial charge >= 0.3 is 0 Å². The molecular formula is C18H38N2. The van der Waals surface area contributed by atoms with Crippen molar-refractivity contribution in [1.82, 2.24) is 10.2 Å². The van der Waals surface area contributed by atoms with Crippen molar-refractivity contribution in [2.75, 3.05) is 20.1 Å². The predicted octanol–water partition coefficient (Wildman–Crippen LogP) is 4.30. The van der Waals surface area contributed by atoms with Gasteiger partial charge in [-0.15, -0.1) is 0 Å². The summed E-state index contributed by atoms with van der Waals surface area (Å²) < 4.78 is 0. The second-order valence-corrected chi connectivity index (χ2v) is 6.85. The molecule has 120 valence electrons. The Morgan fingerprint density at radius 1 is 1.20 bits per heavy atom. The molecule has 0 amide bonds. The molecule has 4 atom stereocenters. The summed E-state index contributed by atoms with van der Waals surface area (Å²) in [6, 6.07) is 1.48. The summed E-state index contributed by atoms with van der Waals surface area (Å²) in [6.07, 6.45) is 9.53. The first kappa shape index (κ1) is 18.0. The van der Waals surface area contributed by atoms with Gasteiger partial charge in [-0.1, -0.05) is 33.6 Å². The molecule has 0 radical (unpaired) electrons. The molecular weight excluding hydrogens is 244 g/mol. The van der Waals surface area contributed by atoms with Crippen molar-refractivity contribution in [2.45, 2.75) is 84.7 Å². The zero-order valence-electron chi connectivity index (χ0n) is 14.6. The minimum atomic E-state index is 0.737. The number of unbranched alkanes of at least 4 members (excludes halogenated alkanes) is 1. The average Bonchev–Trinajstić information content (AvgIpc) is 2.50. The monoisotopic (exact) mass is 282 g/mol. The molecule has 1 fully saturated rings. The first-order chi connectivity index (χ1) is 9.65. The van der Waals surface area contributed by atoms with Crippen molar-refractivity contribution in [3.63, 3.8) is 0 Å². The molecule has 20 heavy (non-hydrogen) atoms. The Balaban J connectivity index is 2.61. The Hall–Kier alpha value is -0.0800. The fourth-order valence-corrected chi connectivity index (χ4v) is 3.73. The van der Waals surface area contributed by atoms with Crippen LogP contribution < -0.4 is 5.32 Å². The van der Waals surface area contributed by atoms with Gasteiger partial charge in [-0.3, -0.25) is 0 Å². The van der Waals surface area contributed by atoms with Crippen LogP contribution in [0.3, 0.4) is 0 Å². The third kappa shape index (κ3) is 5.37. The highest BCUT2D eigenvalue weighted by atomic mass is 15.2. The maximum absolute atomic E-state index is 3.59. The smallest absolute Gasteiger partial charge is 0.0105 e. The van der Waals surface area contributed by atoms with Gasteiger partial charge in [-0.25, -0.2) is 0 Å². The molecule has 4 unspecified atom stereocenters. The Bertz CT molecular complexity index is 242. The summed E-state index contributed by atoms with van der Waals surface area (Å²) in [5.41, 5.74) is 0. The minimum Gasteiger partial charge on any atom is -0.317 e. The van der Waals surface area contributed by atoms with Crippen LogP contribution in [0.25, 0.3) is 0 Å². The Morgan fingerprint density at radius 3 is 2.50 bits per heavy atom. The Morgan fingerprint density at radius 2 is 1.95 bits per heavy atom. The lowest BCUT2D eigenvalue weighted by Crippen LogP contribution is -2.47. The van der Waals surface area contributed by atoms with Crippen LogP contribution in [0, 0.1) is 11.8 Å². The number of hydrogen-bond donors (Lipinski definition) is 1. The van der Waals surface area contributed by atoms with E-state index in [2.05, 4.69) is 45.0 Å². The SMILES string of the molecule is CCCCN(CC1CC(CC)CCC1NC)C(C)CC. The molecule has 0 spiro atoms. The van der Waals surface area contributed by atoms with Gasteiger partial charge in [-0.2, -0.15) is 0 Å². The third-order valence-electron chi connectivity index (χ3n) is 5.52. The number of nitrogens with zero attached hydrogens (tertiary/aromatic N) is 1. The van der Waals surface area contributed by atoms with Gasteiger partial charge in [0.2, 0.25) is 0 Å². The van der Waals surface area contributed by atoms with Gasteiger partial charge in [0, 0.05) is 18.6 Å². The molecule has 1 saturated carbocycles. The Labute approximate surface area is 127 Å². The van der Waals surface area contributed by atoms with Crippen LogP contribution in [0.5, 0.6) is 0 Å². The Kier molecular flexibility index (Phi) is 8.79. The van der Waals surface area contributed by atoms with Gasteiger partial charge in [0.15, 0.2) is 0 Å². The van der Waals surface area contributed by atoms with Crippen LogP contribution >= 0.6 is 0 Å². The van der Waals surface area contributed by atoms with Crippen molar-refractivity contribution in [1.29, 1.82) is 0 Å². The van der Waals surface area contributed by atoms with E-state index in [1.807, 2.05) is 0 Å². The van der Waals surface area contributed by atoms with E-state index in [4.69, 9.17) is 0 Å². The zero-order valence-corrected chi connectivity index (χ0v) is 14.6. The van der Waals surface area contributed by atoms with Crippen molar-refractivity contribution in [2.24, 2.45) is 11.8 Å². The summed E-state index contributed by atoms with van der Waals surface area (Å²) in [5, 5.41) is 3.59. The van der Waals surface area contributed by atoms with Crippen molar-refractivity contribution in [3.05, 3.63) is 0 Å². The zero-order chi connectivity index (χ0) is 15.0. The summed E-state index contributed by atoms with van der Waals surface area (Å²) >= 11 is 0. The largest absolute Gasteiger partial charge is 0.317 e. The summed E-state index contributed by atoms with van der Waals surface area (Å²) in [7, 11) is 2.16. The second-order valence-electron chi connectivity index (χ2n) is 6.85. The predicted molar refractivity (Wildman–Crippen MR) is 90.2 cm³/mol. The summed E-state index contributed by atoms with van der Waals surface area (Å²) in [6.45, 7) is 12.0. The van der Waals surface area contributed by atoms with Crippen LogP contribution in [0.4, 0.5) is 0 Å². The molecule has 1 aliphatic carbocycles. The molecule has 2 nitrogen and oxygen atoms in total. The van der Waals surface area contributed by atoms with Crippen LogP contribution in [0.2, 0.25) is 0 Å². The molecule has 0 aromatic carbocycles. The molecule has 1 rings (SSSR count). The molecule has 0 heterocycles. The van der Waals surface area contributed by atoms with E-state index in [9.17, 15) is 0 Å². The molecule has 0 bridgehead atoms. The highest BCUT2D eigenvalue weighted by Crippen LogP contribution is 2.32. The van der Waals surface area contributed by atoms with E-state index >= 15 is 0 Å². The lowest BCUT2D eigenvalue weighted by Gasteiger charge is -2.40. The lowest BCUT2D eigenvalue weighted by molar-refractivity contribution is 0.113. The highest BCUT2D eigenvalue weighted by Gasteiger charge is 2.30. The van der Waals surface area contributed by atoms with Gasteiger partial charge in [-0.05, 0) is 64.5 Å². The number of rotatable bonds is 9. The molecule has 1 N–H and O–H groups in total. The standard InChI is InChI=1S/C18H38N2/c1-6-9-12-20(15(4)7-2)14-17-13-16(8-3)10-11-18(17)19-5/h15-19H,6-14H2,1-5H3. The van der Waals surface area contributed by atoms with Crippen LogP contribution in [-0.2, 0) is 0 Å². The van der Waals surface area contributed by atoms with E-state index in [1.165, 1.54) is 58.0 Å². The van der Waals surface area contributed by atoms with Crippen LogP contribution in [-0.4, -0.2) is 37.1 Å². The molecule has 0 aromatic heterocycles. The molecule has 0 aromatic rings. The van der Waals surface area contributed by atoms with E-state index < -0.39 is 0 Å². The lowest BCUT2D eigenvalue weighted by atomic mass is 9.76. The van der Waals surface area contributed by atoms with E-state index in [0.717, 1.165) is 23.9 Å².